The molecule has 1 aromatic heterocycles. The molecule has 0 amide bonds. The fourth-order valence-corrected chi connectivity index (χ4v) is 0.985. The summed E-state index contributed by atoms with van der Waals surface area (Å²) in [5, 5.41) is 10.4. The molecule has 2 N–H and O–H groups in total. The molecule has 0 fully saturated rings. The van der Waals surface area contributed by atoms with Crippen LogP contribution in [0.2, 0.25) is 0 Å². The van der Waals surface area contributed by atoms with Gasteiger partial charge in [-0.25, -0.2) is 13.8 Å². The summed E-state index contributed by atoms with van der Waals surface area (Å²) in [6.07, 6.45) is -2.04. The number of nitrogens with zero attached hydrogens (tertiary/aromatic N) is 2. The number of nitrogen functional groups attached to an aromatic ring is 1. The van der Waals surface area contributed by atoms with Crippen LogP contribution in [0.15, 0.2) is 6.20 Å². The summed E-state index contributed by atoms with van der Waals surface area (Å²) in [5.41, 5.74) is 3.99. The van der Waals surface area contributed by atoms with Crippen LogP contribution in [-0.4, -0.2) is 9.91 Å². The van der Waals surface area contributed by atoms with Gasteiger partial charge in [-0.15, -0.1) is 0 Å². The highest BCUT2D eigenvalue weighted by atomic mass is 19.3. The number of pyridine rings is 1. The molecule has 14 heavy (non-hydrogen) atoms. The van der Waals surface area contributed by atoms with E-state index in [1.165, 1.54) is 6.92 Å². The van der Waals surface area contributed by atoms with Crippen LogP contribution in [-0.2, 0) is 0 Å². The fraction of sp³-hybridized carbons (Fsp3) is 0.286. The maximum atomic E-state index is 12.2. The smallest absolute Gasteiger partial charge is 0.292 e. The molecule has 0 aliphatic rings. The second kappa shape index (κ2) is 3.52. The molecule has 7 heteroatoms. The van der Waals surface area contributed by atoms with E-state index in [4.69, 9.17) is 5.73 Å². The average Bonchev–Trinajstić information content (AvgIpc) is 2.08. The van der Waals surface area contributed by atoms with Crippen molar-refractivity contribution in [2.24, 2.45) is 0 Å². The number of alkyl halides is 2. The largest absolute Gasteiger partial charge is 0.397 e. The van der Waals surface area contributed by atoms with Crippen LogP contribution in [0.4, 0.5) is 20.2 Å². The van der Waals surface area contributed by atoms with E-state index in [0.717, 1.165) is 6.20 Å². The molecule has 0 radical (unpaired) electrons. The number of hydrogen-bond acceptors (Lipinski definition) is 4. The Balaban J connectivity index is 3.33. The Hall–Kier alpha value is -1.79. The quantitative estimate of drug-likeness (QED) is 0.587. The third-order valence-corrected chi connectivity index (χ3v) is 1.79. The Kier molecular flexibility index (Phi) is 2.59. The second-order valence-corrected chi connectivity index (χ2v) is 2.63. The zero-order chi connectivity index (χ0) is 10.9. The Morgan fingerprint density at radius 2 is 2.21 bits per heavy atom. The number of nitro groups is 1. The highest BCUT2D eigenvalue weighted by Crippen LogP contribution is 2.30. The molecule has 5 nitrogen and oxygen atoms in total. The Morgan fingerprint density at radius 3 is 2.64 bits per heavy atom. The standard InChI is InChI=1S/C7H7F2N3O2/c1-3-4(12(13)14)2-11-6(5(3)10)7(8)9/h2,7H,10H2,1H3. The van der Waals surface area contributed by atoms with E-state index in [2.05, 4.69) is 4.98 Å². The van der Waals surface area contributed by atoms with Crippen molar-refractivity contribution < 1.29 is 13.7 Å². The van der Waals surface area contributed by atoms with Crippen molar-refractivity contribution in [2.45, 2.75) is 13.3 Å². The Bertz CT molecular complexity index is 381. The van der Waals surface area contributed by atoms with Crippen molar-refractivity contribution in [3.8, 4) is 0 Å². The van der Waals surface area contributed by atoms with E-state index in [0.29, 0.717) is 0 Å². The normalized spacial score (nSPS) is 10.6. The van der Waals surface area contributed by atoms with Gasteiger partial charge >= 0.3 is 0 Å². The van der Waals surface area contributed by atoms with Gasteiger partial charge in [0.15, 0.2) is 0 Å². The van der Waals surface area contributed by atoms with E-state index in [9.17, 15) is 18.9 Å². The number of halogens is 2. The topological polar surface area (TPSA) is 82.0 Å². The minimum atomic E-state index is -2.82. The number of anilines is 1. The summed E-state index contributed by atoms with van der Waals surface area (Å²) in [5.74, 6) is 0. The molecule has 1 aromatic rings. The van der Waals surface area contributed by atoms with E-state index in [-0.39, 0.29) is 16.9 Å². The van der Waals surface area contributed by atoms with Gasteiger partial charge in [0.2, 0.25) is 0 Å². The third-order valence-electron chi connectivity index (χ3n) is 1.79. The molecule has 1 rings (SSSR count). The highest BCUT2D eigenvalue weighted by molar-refractivity contribution is 5.58. The SMILES string of the molecule is Cc1c([N+](=O)[O-])cnc(C(F)F)c1N. The lowest BCUT2D eigenvalue weighted by Gasteiger charge is -2.06. The van der Waals surface area contributed by atoms with Crippen LogP contribution in [0, 0.1) is 17.0 Å². The minimum absolute atomic E-state index is 0.0142. The molecule has 76 valence electrons. The Morgan fingerprint density at radius 1 is 1.64 bits per heavy atom. The maximum absolute atomic E-state index is 12.2. The van der Waals surface area contributed by atoms with Crippen LogP contribution in [0.1, 0.15) is 17.7 Å². The van der Waals surface area contributed by atoms with Crippen LogP contribution in [0.25, 0.3) is 0 Å². The summed E-state index contributed by atoms with van der Waals surface area (Å²) in [4.78, 5) is 12.9. The lowest BCUT2D eigenvalue weighted by molar-refractivity contribution is -0.385. The van der Waals surface area contributed by atoms with Crippen molar-refractivity contribution in [1.29, 1.82) is 0 Å². The van der Waals surface area contributed by atoms with Gasteiger partial charge in [0.05, 0.1) is 16.2 Å². The first kappa shape index (κ1) is 10.3. The van der Waals surface area contributed by atoms with Gasteiger partial charge in [-0.2, -0.15) is 0 Å². The zero-order valence-electron chi connectivity index (χ0n) is 7.20. The van der Waals surface area contributed by atoms with Gasteiger partial charge in [-0.05, 0) is 6.92 Å². The average molecular weight is 203 g/mol. The first-order valence-electron chi connectivity index (χ1n) is 3.62. The maximum Gasteiger partial charge on any atom is 0.292 e. The van der Waals surface area contributed by atoms with Crippen molar-refractivity contribution in [3.63, 3.8) is 0 Å². The molecule has 0 saturated carbocycles. The van der Waals surface area contributed by atoms with Crippen LogP contribution in [0.5, 0.6) is 0 Å². The summed E-state index contributed by atoms with van der Waals surface area (Å²) in [6.45, 7) is 1.31. The number of rotatable bonds is 2. The summed E-state index contributed by atoms with van der Waals surface area (Å²) < 4.78 is 24.5. The molecule has 0 atom stereocenters. The van der Waals surface area contributed by atoms with E-state index in [1.54, 1.807) is 0 Å². The summed E-state index contributed by atoms with van der Waals surface area (Å²) in [7, 11) is 0. The fourth-order valence-electron chi connectivity index (χ4n) is 0.985. The number of aromatic nitrogens is 1. The molecule has 0 aromatic carbocycles. The van der Waals surface area contributed by atoms with Gasteiger partial charge < -0.3 is 5.73 Å². The monoisotopic (exact) mass is 203 g/mol. The molecule has 0 aliphatic carbocycles. The van der Waals surface area contributed by atoms with Gasteiger partial charge in [0.25, 0.3) is 12.1 Å². The first-order chi connectivity index (χ1) is 6.45. The molecule has 0 spiro atoms. The van der Waals surface area contributed by atoms with Crippen LogP contribution < -0.4 is 5.73 Å². The van der Waals surface area contributed by atoms with Gasteiger partial charge in [0, 0.05) is 0 Å². The van der Waals surface area contributed by atoms with E-state index < -0.39 is 17.0 Å². The van der Waals surface area contributed by atoms with Crippen molar-refractivity contribution in [2.75, 3.05) is 5.73 Å². The van der Waals surface area contributed by atoms with Gasteiger partial charge in [0.1, 0.15) is 11.9 Å². The summed E-state index contributed by atoms with van der Waals surface area (Å²) in [6, 6.07) is 0. The molecule has 0 unspecified atom stereocenters. The molecular weight excluding hydrogens is 196 g/mol. The van der Waals surface area contributed by atoms with E-state index >= 15 is 0 Å². The van der Waals surface area contributed by atoms with Gasteiger partial charge in [-0.1, -0.05) is 0 Å². The minimum Gasteiger partial charge on any atom is -0.397 e. The molecule has 0 saturated heterocycles. The molecule has 0 bridgehead atoms. The lowest BCUT2D eigenvalue weighted by atomic mass is 10.1. The van der Waals surface area contributed by atoms with Crippen molar-refractivity contribution in [1.82, 2.24) is 4.98 Å². The number of hydrogen-bond donors (Lipinski definition) is 1. The highest BCUT2D eigenvalue weighted by Gasteiger charge is 2.21. The molecule has 1 heterocycles. The predicted molar refractivity (Wildman–Crippen MR) is 45.0 cm³/mol. The zero-order valence-corrected chi connectivity index (χ0v) is 7.20. The lowest BCUT2D eigenvalue weighted by Crippen LogP contribution is -2.04. The number of nitrogens with two attached hydrogens (primary N) is 1. The van der Waals surface area contributed by atoms with Crippen molar-refractivity contribution >= 4 is 11.4 Å². The van der Waals surface area contributed by atoms with Gasteiger partial charge in [-0.3, -0.25) is 10.1 Å². The molecular formula is C7H7F2N3O2. The first-order valence-corrected chi connectivity index (χ1v) is 3.62. The van der Waals surface area contributed by atoms with Crippen LogP contribution >= 0.6 is 0 Å². The predicted octanol–water partition coefficient (Wildman–Crippen LogP) is 1.82. The Labute approximate surface area is 77.7 Å². The van der Waals surface area contributed by atoms with E-state index in [1.807, 2.05) is 0 Å². The van der Waals surface area contributed by atoms with Crippen LogP contribution in [0.3, 0.4) is 0 Å². The summed E-state index contributed by atoms with van der Waals surface area (Å²) >= 11 is 0. The van der Waals surface area contributed by atoms with Crippen molar-refractivity contribution in [3.05, 3.63) is 27.6 Å². The second-order valence-electron chi connectivity index (χ2n) is 2.63. The third kappa shape index (κ3) is 1.61. The molecule has 0 aliphatic heterocycles.